The molecule has 5 nitrogen and oxygen atoms in total. The maximum atomic E-state index is 12.0. The third-order valence-corrected chi connectivity index (χ3v) is 2.76. The SMILES string of the molecule is CC(C)c1nnc(C(=O)N2CCCCC2)o1. The van der Waals surface area contributed by atoms with Crippen molar-refractivity contribution in [2.24, 2.45) is 0 Å². The van der Waals surface area contributed by atoms with Crippen LogP contribution in [0.3, 0.4) is 0 Å². The van der Waals surface area contributed by atoms with Crippen LogP contribution in [0.2, 0.25) is 0 Å². The molecule has 2 rings (SSSR count). The van der Waals surface area contributed by atoms with Gasteiger partial charge in [-0.15, -0.1) is 10.2 Å². The molecular weight excluding hydrogens is 206 g/mol. The van der Waals surface area contributed by atoms with Crippen molar-refractivity contribution in [2.75, 3.05) is 13.1 Å². The number of nitrogens with zero attached hydrogens (tertiary/aromatic N) is 3. The van der Waals surface area contributed by atoms with E-state index >= 15 is 0 Å². The first-order chi connectivity index (χ1) is 7.68. The van der Waals surface area contributed by atoms with Crippen LogP contribution in [-0.4, -0.2) is 34.1 Å². The number of hydrogen-bond acceptors (Lipinski definition) is 4. The summed E-state index contributed by atoms with van der Waals surface area (Å²) in [6, 6.07) is 0. The number of carbonyl (C=O) groups is 1. The van der Waals surface area contributed by atoms with E-state index in [-0.39, 0.29) is 17.7 Å². The molecule has 1 aliphatic heterocycles. The van der Waals surface area contributed by atoms with Gasteiger partial charge in [0.25, 0.3) is 0 Å². The van der Waals surface area contributed by atoms with Gasteiger partial charge >= 0.3 is 11.8 Å². The second-order valence-electron chi connectivity index (χ2n) is 4.45. The van der Waals surface area contributed by atoms with Crippen LogP contribution in [0, 0.1) is 0 Å². The molecule has 0 saturated carbocycles. The third kappa shape index (κ3) is 2.23. The molecule has 16 heavy (non-hydrogen) atoms. The molecule has 0 unspecified atom stereocenters. The quantitative estimate of drug-likeness (QED) is 0.767. The highest BCUT2D eigenvalue weighted by atomic mass is 16.4. The summed E-state index contributed by atoms with van der Waals surface area (Å²) in [7, 11) is 0. The van der Waals surface area contributed by atoms with Crippen LogP contribution in [0.15, 0.2) is 4.42 Å². The van der Waals surface area contributed by atoms with Gasteiger partial charge in [-0.25, -0.2) is 0 Å². The summed E-state index contributed by atoms with van der Waals surface area (Å²) in [5.74, 6) is 0.695. The lowest BCUT2D eigenvalue weighted by molar-refractivity contribution is 0.0681. The summed E-state index contributed by atoms with van der Waals surface area (Å²) in [5, 5.41) is 7.67. The summed E-state index contributed by atoms with van der Waals surface area (Å²) in [5.41, 5.74) is 0. The second-order valence-corrected chi connectivity index (χ2v) is 4.45. The number of amides is 1. The maximum absolute atomic E-state index is 12.0. The van der Waals surface area contributed by atoms with Crippen LogP contribution in [0.5, 0.6) is 0 Å². The Kier molecular flexibility index (Phi) is 3.22. The highest BCUT2D eigenvalue weighted by molar-refractivity contribution is 5.89. The predicted molar refractivity (Wildman–Crippen MR) is 58.1 cm³/mol. The zero-order valence-corrected chi connectivity index (χ0v) is 9.77. The van der Waals surface area contributed by atoms with Crippen LogP contribution in [0.1, 0.15) is 55.6 Å². The standard InChI is InChI=1S/C11H17N3O2/c1-8(2)9-12-13-10(16-9)11(15)14-6-4-3-5-7-14/h8H,3-7H2,1-2H3. The molecule has 0 aromatic carbocycles. The van der Waals surface area contributed by atoms with Gasteiger partial charge in [0, 0.05) is 19.0 Å². The smallest absolute Gasteiger partial charge is 0.311 e. The number of carbonyl (C=O) groups excluding carboxylic acids is 1. The van der Waals surface area contributed by atoms with E-state index in [9.17, 15) is 4.79 Å². The molecule has 88 valence electrons. The average Bonchev–Trinajstić information content (AvgIpc) is 2.78. The summed E-state index contributed by atoms with van der Waals surface area (Å²) in [4.78, 5) is 13.8. The maximum Gasteiger partial charge on any atom is 0.311 e. The van der Waals surface area contributed by atoms with Gasteiger partial charge in [0.05, 0.1) is 0 Å². The lowest BCUT2D eigenvalue weighted by atomic mass is 10.1. The number of piperidine rings is 1. The Bertz CT molecular complexity index is 367. The highest BCUT2D eigenvalue weighted by Crippen LogP contribution is 2.15. The lowest BCUT2D eigenvalue weighted by Crippen LogP contribution is -2.35. The third-order valence-electron chi connectivity index (χ3n) is 2.76. The van der Waals surface area contributed by atoms with Gasteiger partial charge < -0.3 is 9.32 Å². The van der Waals surface area contributed by atoms with Crippen molar-refractivity contribution in [3.63, 3.8) is 0 Å². The van der Waals surface area contributed by atoms with E-state index in [2.05, 4.69) is 10.2 Å². The van der Waals surface area contributed by atoms with E-state index in [1.165, 1.54) is 6.42 Å². The molecule has 0 radical (unpaired) electrons. The molecule has 1 saturated heterocycles. The molecule has 0 atom stereocenters. The largest absolute Gasteiger partial charge is 0.417 e. The Labute approximate surface area is 94.8 Å². The molecule has 0 spiro atoms. The Morgan fingerprint density at radius 2 is 1.94 bits per heavy atom. The van der Waals surface area contributed by atoms with Gasteiger partial charge in [-0.1, -0.05) is 13.8 Å². The summed E-state index contributed by atoms with van der Waals surface area (Å²) < 4.78 is 5.35. The van der Waals surface area contributed by atoms with Crippen LogP contribution >= 0.6 is 0 Å². The van der Waals surface area contributed by atoms with Gasteiger partial charge in [0.15, 0.2) is 0 Å². The van der Waals surface area contributed by atoms with E-state index in [0.29, 0.717) is 5.89 Å². The first-order valence-corrected chi connectivity index (χ1v) is 5.81. The van der Waals surface area contributed by atoms with Crippen molar-refractivity contribution >= 4 is 5.91 Å². The van der Waals surface area contributed by atoms with Crippen molar-refractivity contribution in [1.82, 2.24) is 15.1 Å². The topological polar surface area (TPSA) is 59.2 Å². The van der Waals surface area contributed by atoms with Crippen LogP contribution in [0.4, 0.5) is 0 Å². The van der Waals surface area contributed by atoms with Crippen molar-refractivity contribution in [2.45, 2.75) is 39.0 Å². The summed E-state index contributed by atoms with van der Waals surface area (Å²) >= 11 is 0. The fourth-order valence-electron chi connectivity index (χ4n) is 1.79. The average molecular weight is 223 g/mol. The predicted octanol–water partition coefficient (Wildman–Crippen LogP) is 1.82. The van der Waals surface area contributed by atoms with Crippen LogP contribution in [0.25, 0.3) is 0 Å². The van der Waals surface area contributed by atoms with Gasteiger partial charge in [0.2, 0.25) is 5.89 Å². The normalized spacial score (nSPS) is 16.8. The van der Waals surface area contributed by atoms with E-state index in [1.54, 1.807) is 4.90 Å². The van der Waals surface area contributed by atoms with E-state index in [1.807, 2.05) is 13.8 Å². The van der Waals surface area contributed by atoms with Crippen molar-refractivity contribution in [3.8, 4) is 0 Å². The molecule has 0 N–H and O–H groups in total. The Morgan fingerprint density at radius 1 is 1.25 bits per heavy atom. The fraction of sp³-hybridized carbons (Fsp3) is 0.727. The first-order valence-electron chi connectivity index (χ1n) is 5.81. The molecule has 1 aromatic heterocycles. The molecular formula is C11H17N3O2. The number of likely N-dealkylation sites (tertiary alicyclic amines) is 1. The van der Waals surface area contributed by atoms with E-state index < -0.39 is 0 Å². The highest BCUT2D eigenvalue weighted by Gasteiger charge is 2.23. The minimum Gasteiger partial charge on any atom is -0.417 e. The van der Waals surface area contributed by atoms with Crippen molar-refractivity contribution < 1.29 is 9.21 Å². The van der Waals surface area contributed by atoms with Crippen LogP contribution in [-0.2, 0) is 0 Å². The molecule has 5 heteroatoms. The lowest BCUT2D eigenvalue weighted by Gasteiger charge is -2.24. The number of aromatic nitrogens is 2. The van der Waals surface area contributed by atoms with Gasteiger partial charge in [-0.3, -0.25) is 4.79 Å². The number of rotatable bonds is 2. The van der Waals surface area contributed by atoms with Gasteiger partial charge in [0.1, 0.15) is 0 Å². The van der Waals surface area contributed by atoms with Gasteiger partial charge in [-0.2, -0.15) is 0 Å². The Balaban J connectivity index is 2.07. The van der Waals surface area contributed by atoms with Gasteiger partial charge in [-0.05, 0) is 19.3 Å². The Hall–Kier alpha value is -1.39. The van der Waals surface area contributed by atoms with Crippen LogP contribution < -0.4 is 0 Å². The molecule has 1 aromatic rings. The second kappa shape index (κ2) is 4.63. The number of hydrogen-bond donors (Lipinski definition) is 0. The Morgan fingerprint density at radius 3 is 2.50 bits per heavy atom. The molecule has 1 fully saturated rings. The summed E-state index contributed by atoms with van der Waals surface area (Å²) in [6.45, 7) is 5.53. The zero-order chi connectivity index (χ0) is 11.5. The first kappa shape index (κ1) is 11.1. The minimum absolute atomic E-state index is 0.126. The molecule has 1 aliphatic rings. The fourth-order valence-corrected chi connectivity index (χ4v) is 1.79. The minimum atomic E-state index is -0.126. The van der Waals surface area contributed by atoms with Crippen molar-refractivity contribution in [1.29, 1.82) is 0 Å². The molecule has 0 aliphatic carbocycles. The van der Waals surface area contributed by atoms with Crippen molar-refractivity contribution in [3.05, 3.63) is 11.8 Å². The zero-order valence-electron chi connectivity index (χ0n) is 9.77. The van der Waals surface area contributed by atoms with E-state index in [0.717, 1.165) is 25.9 Å². The monoisotopic (exact) mass is 223 g/mol. The molecule has 2 heterocycles. The molecule has 0 bridgehead atoms. The molecule has 1 amide bonds. The van der Waals surface area contributed by atoms with E-state index in [4.69, 9.17) is 4.42 Å². The summed E-state index contributed by atoms with van der Waals surface area (Å²) in [6.07, 6.45) is 3.33.